The lowest BCUT2D eigenvalue weighted by Crippen LogP contribution is -2.27. The normalized spacial score (nSPS) is 20.1. The van der Waals surface area contributed by atoms with Gasteiger partial charge in [0.25, 0.3) is 0 Å². The summed E-state index contributed by atoms with van der Waals surface area (Å²) in [4.78, 5) is 13.7. The number of anilines is 1. The first-order chi connectivity index (χ1) is 6.65. The van der Waals surface area contributed by atoms with Gasteiger partial charge in [0.1, 0.15) is 0 Å². The van der Waals surface area contributed by atoms with Gasteiger partial charge in [0.2, 0.25) is 5.91 Å². The highest BCUT2D eigenvalue weighted by Crippen LogP contribution is 2.37. The van der Waals surface area contributed by atoms with E-state index in [0.29, 0.717) is 0 Å². The number of carbonyl (C=O) groups excluding carboxylic acids is 1. The maximum absolute atomic E-state index is 11.8. The Morgan fingerprint density at radius 2 is 2.14 bits per heavy atom. The second-order valence-corrected chi connectivity index (χ2v) is 3.87. The van der Waals surface area contributed by atoms with Crippen molar-refractivity contribution in [2.45, 2.75) is 26.7 Å². The Labute approximate surface area is 84.5 Å². The highest BCUT2D eigenvalue weighted by molar-refractivity contribution is 6.04. The van der Waals surface area contributed by atoms with E-state index >= 15 is 0 Å². The van der Waals surface area contributed by atoms with Crippen molar-refractivity contribution in [3.05, 3.63) is 29.3 Å². The minimum Gasteiger partial charge on any atom is -0.312 e. The molecule has 0 fully saturated rings. The van der Waals surface area contributed by atoms with Crippen molar-refractivity contribution in [2.75, 3.05) is 11.4 Å². The Hall–Kier alpha value is -1.31. The van der Waals surface area contributed by atoms with Crippen molar-refractivity contribution in [3.8, 4) is 0 Å². The summed E-state index contributed by atoms with van der Waals surface area (Å²) in [7, 11) is 0. The van der Waals surface area contributed by atoms with E-state index in [1.54, 1.807) is 0 Å². The lowest BCUT2D eigenvalue weighted by atomic mass is 10.0. The van der Waals surface area contributed by atoms with Crippen LogP contribution in [0.1, 0.15) is 30.9 Å². The van der Waals surface area contributed by atoms with Crippen LogP contribution in [0.15, 0.2) is 18.2 Å². The number of hydrogen-bond donors (Lipinski definition) is 0. The van der Waals surface area contributed by atoms with E-state index < -0.39 is 0 Å². The van der Waals surface area contributed by atoms with Gasteiger partial charge < -0.3 is 4.90 Å². The van der Waals surface area contributed by atoms with Crippen LogP contribution in [0, 0.1) is 6.92 Å². The lowest BCUT2D eigenvalue weighted by Gasteiger charge is -2.14. The highest BCUT2D eigenvalue weighted by Gasteiger charge is 2.32. The van der Waals surface area contributed by atoms with E-state index in [9.17, 15) is 4.79 Å². The molecule has 2 nitrogen and oxygen atoms in total. The molecule has 1 atom stereocenters. The maximum Gasteiger partial charge on any atom is 0.234 e. The van der Waals surface area contributed by atoms with Gasteiger partial charge in [-0.15, -0.1) is 0 Å². The zero-order valence-electron chi connectivity index (χ0n) is 8.87. The number of amides is 1. The number of rotatable bonds is 1. The fourth-order valence-electron chi connectivity index (χ4n) is 2.08. The van der Waals surface area contributed by atoms with Crippen molar-refractivity contribution in [1.82, 2.24) is 0 Å². The van der Waals surface area contributed by atoms with Crippen LogP contribution in [-0.2, 0) is 4.79 Å². The number of carbonyl (C=O) groups is 1. The molecule has 0 saturated carbocycles. The number of likely N-dealkylation sites (N-methyl/N-ethyl adjacent to an activating group) is 1. The second kappa shape index (κ2) is 3.12. The molecular weight excluding hydrogens is 174 g/mol. The van der Waals surface area contributed by atoms with E-state index in [2.05, 4.69) is 25.1 Å². The first-order valence-corrected chi connectivity index (χ1v) is 5.07. The van der Waals surface area contributed by atoms with Gasteiger partial charge in [-0.25, -0.2) is 0 Å². The molecule has 0 bridgehead atoms. The molecule has 14 heavy (non-hydrogen) atoms. The van der Waals surface area contributed by atoms with Crippen LogP contribution in [0.25, 0.3) is 0 Å². The summed E-state index contributed by atoms with van der Waals surface area (Å²) in [5.74, 6) is 0.262. The van der Waals surface area contributed by atoms with Crippen molar-refractivity contribution < 1.29 is 4.79 Å². The molecule has 74 valence electrons. The van der Waals surface area contributed by atoms with E-state index in [4.69, 9.17) is 0 Å². The average Bonchev–Trinajstić information content (AvgIpc) is 2.41. The smallest absolute Gasteiger partial charge is 0.234 e. The summed E-state index contributed by atoms with van der Waals surface area (Å²) < 4.78 is 0. The predicted molar refractivity (Wildman–Crippen MR) is 57.6 cm³/mol. The average molecular weight is 189 g/mol. The molecule has 1 heterocycles. The molecule has 1 aromatic carbocycles. The Morgan fingerprint density at radius 3 is 2.79 bits per heavy atom. The van der Waals surface area contributed by atoms with Gasteiger partial charge in [-0.05, 0) is 32.4 Å². The second-order valence-electron chi connectivity index (χ2n) is 3.87. The molecule has 0 aromatic heterocycles. The van der Waals surface area contributed by atoms with Crippen LogP contribution in [0.2, 0.25) is 0 Å². The summed E-state index contributed by atoms with van der Waals surface area (Å²) in [6.45, 7) is 6.82. The molecule has 1 aliphatic rings. The zero-order chi connectivity index (χ0) is 10.3. The molecule has 2 heteroatoms. The van der Waals surface area contributed by atoms with Crippen molar-refractivity contribution >= 4 is 11.6 Å². The molecule has 2 rings (SSSR count). The topological polar surface area (TPSA) is 20.3 Å². The SMILES string of the molecule is CCN1C(=O)C(C)c2cc(C)ccc21. The van der Waals surface area contributed by atoms with Crippen molar-refractivity contribution in [2.24, 2.45) is 0 Å². The van der Waals surface area contributed by atoms with Crippen molar-refractivity contribution in [1.29, 1.82) is 0 Å². The molecule has 1 amide bonds. The van der Waals surface area contributed by atoms with Gasteiger partial charge in [0.15, 0.2) is 0 Å². The van der Waals surface area contributed by atoms with E-state index in [1.165, 1.54) is 11.1 Å². The third-order valence-corrected chi connectivity index (χ3v) is 2.89. The minimum absolute atomic E-state index is 0.0323. The quantitative estimate of drug-likeness (QED) is 0.664. The Kier molecular flexibility index (Phi) is 2.06. The summed E-state index contributed by atoms with van der Waals surface area (Å²) in [6.07, 6.45) is 0. The van der Waals surface area contributed by atoms with E-state index in [0.717, 1.165) is 12.2 Å². The third kappa shape index (κ3) is 1.14. The molecule has 1 unspecified atom stereocenters. The van der Waals surface area contributed by atoms with Crippen LogP contribution in [-0.4, -0.2) is 12.5 Å². The number of hydrogen-bond acceptors (Lipinski definition) is 1. The summed E-state index contributed by atoms with van der Waals surface area (Å²) in [5, 5.41) is 0. The molecule has 0 saturated heterocycles. The van der Waals surface area contributed by atoms with Gasteiger partial charge in [-0.3, -0.25) is 4.79 Å². The molecular formula is C12H15NO. The molecule has 1 aliphatic heterocycles. The number of nitrogens with zero attached hydrogens (tertiary/aromatic N) is 1. The van der Waals surface area contributed by atoms with Gasteiger partial charge in [-0.1, -0.05) is 17.7 Å². The first-order valence-electron chi connectivity index (χ1n) is 5.07. The summed E-state index contributed by atoms with van der Waals surface area (Å²) in [6, 6.07) is 6.23. The fourth-order valence-corrected chi connectivity index (χ4v) is 2.08. The Morgan fingerprint density at radius 1 is 1.43 bits per heavy atom. The molecule has 1 aromatic rings. The van der Waals surface area contributed by atoms with Crippen LogP contribution in [0.3, 0.4) is 0 Å². The van der Waals surface area contributed by atoms with Gasteiger partial charge in [-0.2, -0.15) is 0 Å². The zero-order valence-corrected chi connectivity index (χ0v) is 8.87. The first kappa shape index (κ1) is 9.25. The Bertz CT molecular complexity index is 384. The standard InChI is InChI=1S/C12H15NO/c1-4-13-11-6-5-8(2)7-10(11)9(3)12(13)14/h5-7,9H,4H2,1-3H3. The minimum atomic E-state index is 0.0323. The molecule has 0 aliphatic carbocycles. The summed E-state index contributed by atoms with van der Waals surface area (Å²) in [5.41, 5.74) is 3.49. The van der Waals surface area contributed by atoms with Crippen LogP contribution >= 0.6 is 0 Å². The number of benzene rings is 1. The molecule has 0 spiro atoms. The predicted octanol–water partition coefficient (Wildman–Crippen LogP) is 2.47. The van der Waals surface area contributed by atoms with Gasteiger partial charge >= 0.3 is 0 Å². The molecule has 0 N–H and O–H groups in total. The molecule has 0 radical (unpaired) electrons. The van der Waals surface area contributed by atoms with E-state index in [1.807, 2.05) is 18.7 Å². The van der Waals surface area contributed by atoms with Crippen LogP contribution in [0.4, 0.5) is 5.69 Å². The highest BCUT2D eigenvalue weighted by atomic mass is 16.2. The van der Waals surface area contributed by atoms with E-state index in [-0.39, 0.29) is 11.8 Å². The monoisotopic (exact) mass is 189 g/mol. The van der Waals surface area contributed by atoms with Crippen molar-refractivity contribution in [3.63, 3.8) is 0 Å². The van der Waals surface area contributed by atoms with Crippen LogP contribution < -0.4 is 4.90 Å². The van der Waals surface area contributed by atoms with Crippen LogP contribution in [0.5, 0.6) is 0 Å². The van der Waals surface area contributed by atoms with Gasteiger partial charge in [0, 0.05) is 12.2 Å². The van der Waals surface area contributed by atoms with Gasteiger partial charge in [0.05, 0.1) is 5.92 Å². The summed E-state index contributed by atoms with van der Waals surface area (Å²) >= 11 is 0. The number of aryl methyl sites for hydroxylation is 1. The fraction of sp³-hybridized carbons (Fsp3) is 0.417. The largest absolute Gasteiger partial charge is 0.312 e. The maximum atomic E-state index is 11.8. The third-order valence-electron chi connectivity index (χ3n) is 2.89. The Balaban J connectivity index is 2.55. The number of fused-ring (bicyclic) bond motifs is 1. The lowest BCUT2D eigenvalue weighted by molar-refractivity contribution is -0.118.